The highest BCUT2D eigenvalue weighted by molar-refractivity contribution is 6.33. The Balaban J connectivity index is 0.000000590. The second-order valence-corrected chi connectivity index (χ2v) is 8.46. The predicted molar refractivity (Wildman–Crippen MR) is 128 cm³/mol. The van der Waals surface area contributed by atoms with Gasteiger partial charge in [-0.3, -0.25) is 4.79 Å². The Morgan fingerprint density at radius 3 is 2.29 bits per heavy atom. The third-order valence-electron chi connectivity index (χ3n) is 5.66. The van der Waals surface area contributed by atoms with Gasteiger partial charge in [0.15, 0.2) is 0 Å². The van der Waals surface area contributed by atoms with Crippen LogP contribution in [0.5, 0.6) is 5.75 Å². The lowest BCUT2D eigenvalue weighted by Gasteiger charge is -2.50. The van der Waals surface area contributed by atoms with Crippen molar-refractivity contribution in [3.63, 3.8) is 0 Å². The molecule has 2 bridgehead atoms. The molecule has 8 N–H and O–H groups in total. The number of piperidine rings is 3. The van der Waals surface area contributed by atoms with Gasteiger partial charge in [0.1, 0.15) is 12.4 Å². The van der Waals surface area contributed by atoms with E-state index >= 15 is 0 Å². The number of carboxylic acid groups (broad SMARTS) is 2. The summed E-state index contributed by atoms with van der Waals surface area (Å²) in [4.78, 5) is 34.1. The molecule has 13 heteroatoms. The number of aliphatic carboxylic acids is 2. The number of hydrogen-bond donors (Lipinski definition) is 5. The molecule has 1 aromatic carbocycles. The van der Waals surface area contributed by atoms with Gasteiger partial charge in [0.25, 0.3) is 5.91 Å². The summed E-state index contributed by atoms with van der Waals surface area (Å²) in [5, 5.41) is 29.7. The number of fused-ring (bicyclic) bond motifs is 3. The van der Waals surface area contributed by atoms with Crippen LogP contribution >= 0.6 is 11.6 Å². The van der Waals surface area contributed by atoms with E-state index in [4.69, 9.17) is 37.0 Å². The van der Waals surface area contributed by atoms with Crippen LogP contribution in [0.3, 0.4) is 0 Å². The number of rotatable bonds is 9. The zero-order valence-corrected chi connectivity index (χ0v) is 20.1. The second-order valence-electron chi connectivity index (χ2n) is 8.06. The van der Waals surface area contributed by atoms with E-state index in [-0.39, 0.29) is 28.9 Å². The van der Waals surface area contributed by atoms with Gasteiger partial charge in [0.05, 0.1) is 28.5 Å². The number of nitrogens with one attached hydrogen (secondary N) is 1. The number of hydrogen-bond acceptors (Lipinski definition) is 8. The maximum atomic E-state index is 12.7. The molecule has 3 aliphatic rings. The Kier molecular flexibility index (Phi) is 11.9. The number of amides is 1. The molecule has 0 radical (unpaired) electrons. The number of benzene rings is 1. The summed E-state index contributed by atoms with van der Waals surface area (Å²) in [5.41, 5.74) is 5.57. The van der Waals surface area contributed by atoms with Gasteiger partial charge in [-0.25, -0.2) is 9.59 Å². The number of ether oxygens (including phenoxy) is 2. The van der Waals surface area contributed by atoms with Crippen LogP contribution in [0.15, 0.2) is 24.3 Å². The summed E-state index contributed by atoms with van der Waals surface area (Å²) in [6, 6.07) is 3.03. The monoisotopic (exact) mass is 517 g/mol. The Morgan fingerprint density at radius 2 is 1.80 bits per heavy atom. The molecule has 3 heterocycles. The minimum atomic E-state index is -1.26. The number of nitrogen functional groups attached to an aromatic ring is 1. The molecular weight excluding hydrogens is 486 g/mol. The minimum Gasteiger partial charge on any atom is -0.490 e. The van der Waals surface area contributed by atoms with E-state index in [9.17, 15) is 19.5 Å². The lowest BCUT2D eigenvalue weighted by Crippen LogP contribution is -2.63. The van der Waals surface area contributed by atoms with Crippen molar-refractivity contribution >= 4 is 35.1 Å². The van der Waals surface area contributed by atoms with E-state index in [1.165, 1.54) is 12.1 Å². The molecule has 3 fully saturated rings. The molecule has 0 spiro atoms. The number of carboxylic acids is 2. The van der Waals surface area contributed by atoms with Gasteiger partial charge in [-0.2, -0.15) is 0 Å². The topological polar surface area (TPSA) is 203 Å². The molecule has 1 atom stereocenters. The summed E-state index contributed by atoms with van der Waals surface area (Å²) < 4.78 is 10.6. The first kappa shape index (κ1) is 30.1. The first-order chi connectivity index (χ1) is 16.1. The molecule has 3 aliphatic heterocycles. The highest BCUT2D eigenvalue weighted by atomic mass is 35.5. The summed E-state index contributed by atoms with van der Waals surface area (Å²) in [5.74, 6) is -2.29. The number of methoxy groups -OCH3 is 1. The van der Waals surface area contributed by atoms with Crippen LogP contribution in [0.25, 0.3) is 0 Å². The van der Waals surface area contributed by atoms with Crippen molar-refractivity contribution in [1.82, 2.24) is 10.2 Å². The number of carbonyl (C=O) groups excluding carboxylic acids is 1. The first-order valence-electron chi connectivity index (χ1n) is 10.6. The highest BCUT2D eigenvalue weighted by Crippen LogP contribution is 2.35. The van der Waals surface area contributed by atoms with E-state index in [1.54, 1.807) is 7.11 Å². The van der Waals surface area contributed by atoms with Crippen LogP contribution in [0.2, 0.25) is 5.02 Å². The lowest BCUT2D eigenvalue weighted by atomic mass is 9.75. The van der Waals surface area contributed by atoms with Gasteiger partial charge in [-0.05, 0) is 37.9 Å². The number of nitrogens with zero attached hydrogens (tertiary/aromatic N) is 1. The summed E-state index contributed by atoms with van der Waals surface area (Å²) >= 11 is 6.08. The van der Waals surface area contributed by atoms with Gasteiger partial charge in [0, 0.05) is 38.4 Å². The Bertz CT molecular complexity index is 904. The number of halogens is 1. The zero-order valence-electron chi connectivity index (χ0n) is 19.3. The zero-order chi connectivity index (χ0) is 25.3. The maximum absolute atomic E-state index is 12.7. The van der Waals surface area contributed by atoms with E-state index in [0.717, 1.165) is 25.9 Å². The fourth-order valence-electron chi connectivity index (χ4n) is 3.92. The van der Waals surface area contributed by atoms with Crippen molar-refractivity contribution in [2.75, 3.05) is 52.2 Å². The number of nitrogens with two attached hydrogens (primary N) is 1. The van der Waals surface area contributed by atoms with Crippen LogP contribution in [0, 0.1) is 5.92 Å². The number of carbonyl (C=O) groups is 3. The van der Waals surface area contributed by atoms with Crippen molar-refractivity contribution < 1.29 is 44.7 Å². The SMILES string of the molecule is COCCOc1cc(N)c(Cl)cc1C(=O)NCC1(O)CN2CCC1CC2.O.O=C(O)/C=C/C(=O)O. The van der Waals surface area contributed by atoms with Crippen LogP contribution in [0.4, 0.5) is 5.69 Å². The molecule has 3 saturated heterocycles. The van der Waals surface area contributed by atoms with Crippen molar-refractivity contribution in [2.24, 2.45) is 5.92 Å². The van der Waals surface area contributed by atoms with Gasteiger partial charge >= 0.3 is 11.9 Å². The van der Waals surface area contributed by atoms with E-state index in [1.807, 2.05) is 0 Å². The quantitative estimate of drug-likeness (QED) is 0.169. The van der Waals surface area contributed by atoms with Gasteiger partial charge in [0.2, 0.25) is 0 Å². The molecule has 12 nitrogen and oxygen atoms in total. The first-order valence-corrected chi connectivity index (χ1v) is 11.0. The van der Waals surface area contributed by atoms with Crippen LogP contribution in [0.1, 0.15) is 23.2 Å². The molecule has 35 heavy (non-hydrogen) atoms. The van der Waals surface area contributed by atoms with Crippen molar-refractivity contribution in [3.8, 4) is 5.75 Å². The van der Waals surface area contributed by atoms with E-state index in [0.29, 0.717) is 48.9 Å². The highest BCUT2D eigenvalue weighted by Gasteiger charge is 2.45. The smallest absolute Gasteiger partial charge is 0.328 e. The standard InChI is InChI=1S/C18H26ClN3O4.C4H4O4.H2O/c1-25-6-7-26-16-9-15(20)14(19)8-13(16)17(23)21-10-18(24)11-22-4-2-12(18)3-5-22;5-3(6)1-2-4(7)8;/h8-9,12,24H,2-7,10-11,20H2,1H3,(H,21,23);1-2H,(H,5,6)(H,7,8);1H2/b;2-1+;. The molecule has 1 unspecified atom stereocenters. The van der Waals surface area contributed by atoms with Crippen LogP contribution < -0.4 is 15.8 Å². The van der Waals surface area contributed by atoms with Gasteiger partial charge in [-0.15, -0.1) is 0 Å². The van der Waals surface area contributed by atoms with E-state index in [2.05, 4.69) is 10.2 Å². The summed E-state index contributed by atoms with van der Waals surface area (Å²) in [6.45, 7) is 3.52. The molecule has 0 aromatic heterocycles. The molecule has 0 saturated carbocycles. The van der Waals surface area contributed by atoms with Crippen LogP contribution in [-0.4, -0.2) is 95.6 Å². The maximum Gasteiger partial charge on any atom is 0.328 e. The normalized spacial score (nSPS) is 22.5. The fraction of sp³-hybridized carbons (Fsp3) is 0.500. The molecule has 196 valence electrons. The summed E-state index contributed by atoms with van der Waals surface area (Å²) in [6.07, 6.45) is 3.04. The predicted octanol–water partition coefficient (Wildman–Crippen LogP) is 0.0210. The Hall–Kier alpha value is -2.90. The molecule has 1 aromatic rings. The number of anilines is 1. The van der Waals surface area contributed by atoms with Crippen molar-refractivity contribution in [1.29, 1.82) is 0 Å². The average molecular weight is 518 g/mol. The van der Waals surface area contributed by atoms with Gasteiger partial charge < -0.3 is 46.2 Å². The fourth-order valence-corrected chi connectivity index (χ4v) is 4.08. The molecule has 4 rings (SSSR count). The minimum absolute atomic E-state index is 0. The lowest BCUT2D eigenvalue weighted by molar-refractivity contribution is -0.134. The van der Waals surface area contributed by atoms with Crippen molar-refractivity contribution in [2.45, 2.75) is 18.4 Å². The largest absolute Gasteiger partial charge is 0.490 e. The number of aliphatic hydroxyl groups is 1. The third-order valence-corrected chi connectivity index (χ3v) is 5.98. The van der Waals surface area contributed by atoms with Crippen LogP contribution in [-0.2, 0) is 14.3 Å². The molecule has 0 aliphatic carbocycles. The second kappa shape index (κ2) is 13.9. The van der Waals surface area contributed by atoms with Crippen molar-refractivity contribution in [3.05, 3.63) is 34.9 Å². The average Bonchev–Trinajstić information content (AvgIpc) is 2.79. The Morgan fingerprint density at radius 1 is 1.20 bits per heavy atom. The molecule has 1 amide bonds. The Labute approximate surface area is 207 Å². The molecular formula is C22H32ClN3O9. The summed E-state index contributed by atoms with van der Waals surface area (Å²) in [7, 11) is 1.57. The van der Waals surface area contributed by atoms with E-state index < -0.39 is 17.5 Å². The third kappa shape index (κ3) is 9.00. The van der Waals surface area contributed by atoms with Gasteiger partial charge in [-0.1, -0.05) is 11.6 Å².